The zero-order chi connectivity index (χ0) is 15.4. The number of nitrogens with zero attached hydrogens (tertiary/aromatic N) is 1. The van der Waals surface area contributed by atoms with Gasteiger partial charge in [0.15, 0.2) is 0 Å². The Morgan fingerprint density at radius 2 is 1.71 bits per heavy atom. The van der Waals surface area contributed by atoms with Crippen molar-refractivity contribution in [2.75, 3.05) is 13.6 Å². The lowest BCUT2D eigenvalue weighted by Crippen LogP contribution is -2.32. The molecule has 2 rings (SSSR count). The Hall–Kier alpha value is -1.35. The lowest BCUT2D eigenvalue weighted by Gasteiger charge is -2.33. The maximum atomic E-state index is 6.32. The van der Waals surface area contributed by atoms with Crippen LogP contribution in [0.25, 0.3) is 0 Å². The van der Waals surface area contributed by atoms with Crippen molar-refractivity contribution >= 4 is 11.6 Å². The highest BCUT2D eigenvalue weighted by Gasteiger charge is 2.22. The molecule has 0 bridgehead atoms. The third-order valence-corrected chi connectivity index (χ3v) is 4.49. The van der Waals surface area contributed by atoms with Crippen molar-refractivity contribution in [1.29, 1.82) is 0 Å². The van der Waals surface area contributed by atoms with Crippen LogP contribution in [0.15, 0.2) is 48.5 Å². The molecule has 0 aliphatic rings. The van der Waals surface area contributed by atoms with Gasteiger partial charge in [0.2, 0.25) is 0 Å². The minimum absolute atomic E-state index is 0.178. The fourth-order valence-corrected chi connectivity index (χ4v) is 2.92. The van der Waals surface area contributed by atoms with E-state index in [1.165, 1.54) is 11.1 Å². The summed E-state index contributed by atoms with van der Waals surface area (Å²) < 4.78 is 0. The molecule has 0 radical (unpaired) electrons. The largest absolute Gasteiger partial charge is 0.329 e. The second kappa shape index (κ2) is 7.08. The van der Waals surface area contributed by atoms with Crippen molar-refractivity contribution in [3.8, 4) is 0 Å². The van der Waals surface area contributed by atoms with Gasteiger partial charge in [-0.05, 0) is 38.1 Å². The molecule has 2 atom stereocenters. The van der Waals surface area contributed by atoms with Crippen molar-refractivity contribution in [1.82, 2.24) is 4.90 Å². The summed E-state index contributed by atoms with van der Waals surface area (Å²) >= 11 is 6.32. The number of aryl methyl sites for hydroxylation is 1. The normalized spacial score (nSPS) is 14.2. The summed E-state index contributed by atoms with van der Waals surface area (Å²) in [6.45, 7) is 4.84. The summed E-state index contributed by atoms with van der Waals surface area (Å²) in [7, 11) is 2.10. The fraction of sp³-hybridized carbons (Fsp3) is 0.333. The number of benzene rings is 2. The SMILES string of the molecule is Cc1ccc(C(CN)N(C)C(C)c2ccccc2Cl)cc1. The first-order valence-electron chi connectivity index (χ1n) is 7.27. The average molecular weight is 303 g/mol. The molecule has 2 N–H and O–H groups in total. The number of rotatable bonds is 5. The molecule has 0 aliphatic heterocycles. The van der Waals surface area contributed by atoms with Gasteiger partial charge in [-0.2, -0.15) is 0 Å². The smallest absolute Gasteiger partial charge is 0.0473 e. The summed E-state index contributed by atoms with van der Waals surface area (Å²) in [4.78, 5) is 2.28. The molecule has 0 aliphatic carbocycles. The predicted octanol–water partition coefficient (Wildman–Crippen LogP) is 4.34. The van der Waals surface area contributed by atoms with Crippen LogP contribution in [-0.2, 0) is 0 Å². The van der Waals surface area contributed by atoms with Crippen LogP contribution < -0.4 is 5.73 Å². The van der Waals surface area contributed by atoms with E-state index in [0.717, 1.165) is 10.6 Å². The summed E-state index contributed by atoms with van der Waals surface area (Å²) in [5, 5.41) is 0.802. The molecule has 112 valence electrons. The van der Waals surface area contributed by atoms with Gasteiger partial charge >= 0.3 is 0 Å². The second-order valence-electron chi connectivity index (χ2n) is 5.53. The summed E-state index contributed by atoms with van der Waals surface area (Å²) in [5.74, 6) is 0. The van der Waals surface area contributed by atoms with Gasteiger partial charge in [0.25, 0.3) is 0 Å². The Bertz CT molecular complexity index is 580. The third-order valence-electron chi connectivity index (χ3n) is 4.14. The van der Waals surface area contributed by atoms with E-state index in [0.29, 0.717) is 6.54 Å². The van der Waals surface area contributed by atoms with Crippen LogP contribution in [0.4, 0.5) is 0 Å². The van der Waals surface area contributed by atoms with Gasteiger partial charge in [0, 0.05) is 23.7 Å². The maximum absolute atomic E-state index is 6.32. The highest BCUT2D eigenvalue weighted by atomic mass is 35.5. The number of likely N-dealkylation sites (N-methyl/N-ethyl adjacent to an activating group) is 1. The van der Waals surface area contributed by atoms with E-state index in [-0.39, 0.29) is 12.1 Å². The van der Waals surface area contributed by atoms with Gasteiger partial charge in [-0.3, -0.25) is 4.90 Å². The predicted molar refractivity (Wildman–Crippen MR) is 90.6 cm³/mol. The maximum Gasteiger partial charge on any atom is 0.0473 e. The van der Waals surface area contributed by atoms with Crippen LogP contribution in [0.2, 0.25) is 5.02 Å². The first-order chi connectivity index (χ1) is 10.0. The van der Waals surface area contributed by atoms with Crippen LogP contribution in [0.1, 0.15) is 35.7 Å². The van der Waals surface area contributed by atoms with Crippen molar-refractivity contribution in [2.45, 2.75) is 25.9 Å². The van der Waals surface area contributed by atoms with Gasteiger partial charge < -0.3 is 5.73 Å². The molecule has 0 saturated heterocycles. The molecule has 2 aromatic rings. The van der Waals surface area contributed by atoms with Crippen LogP contribution in [0, 0.1) is 6.92 Å². The van der Waals surface area contributed by atoms with Crippen molar-refractivity contribution in [3.63, 3.8) is 0 Å². The molecule has 21 heavy (non-hydrogen) atoms. The van der Waals surface area contributed by atoms with Gasteiger partial charge in [-0.1, -0.05) is 59.6 Å². The second-order valence-corrected chi connectivity index (χ2v) is 5.93. The molecule has 0 fully saturated rings. The Morgan fingerprint density at radius 3 is 2.29 bits per heavy atom. The standard InChI is InChI=1S/C18H23ClN2/c1-13-8-10-15(11-9-13)18(12-20)21(3)14(2)16-6-4-5-7-17(16)19/h4-11,14,18H,12,20H2,1-3H3. The lowest BCUT2D eigenvalue weighted by molar-refractivity contribution is 0.190. The summed E-state index contributed by atoms with van der Waals surface area (Å²) in [6.07, 6.45) is 0. The van der Waals surface area contributed by atoms with Gasteiger partial charge in [0.05, 0.1) is 0 Å². The van der Waals surface area contributed by atoms with E-state index in [1.54, 1.807) is 0 Å². The minimum atomic E-state index is 0.178. The van der Waals surface area contributed by atoms with Crippen LogP contribution in [0.3, 0.4) is 0 Å². The van der Waals surface area contributed by atoms with Gasteiger partial charge in [-0.15, -0.1) is 0 Å². The van der Waals surface area contributed by atoms with E-state index in [2.05, 4.69) is 56.1 Å². The Kier molecular flexibility index (Phi) is 5.40. The first kappa shape index (κ1) is 16.0. The van der Waals surface area contributed by atoms with Crippen LogP contribution in [-0.4, -0.2) is 18.5 Å². The molecule has 2 unspecified atom stereocenters. The summed E-state index contributed by atoms with van der Waals surface area (Å²) in [5.41, 5.74) is 9.66. The van der Waals surface area contributed by atoms with Gasteiger partial charge in [-0.25, -0.2) is 0 Å². The molecule has 0 saturated carbocycles. The highest BCUT2D eigenvalue weighted by molar-refractivity contribution is 6.31. The number of nitrogens with two attached hydrogens (primary N) is 1. The zero-order valence-corrected chi connectivity index (χ0v) is 13.6. The van der Waals surface area contributed by atoms with Crippen LogP contribution in [0.5, 0.6) is 0 Å². The van der Waals surface area contributed by atoms with Crippen molar-refractivity contribution in [2.24, 2.45) is 5.73 Å². The van der Waals surface area contributed by atoms with E-state index in [4.69, 9.17) is 17.3 Å². The Morgan fingerprint density at radius 1 is 1.10 bits per heavy atom. The highest BCUT2D eigenvalue weighted by Crippen LogP contribution is 2.31. The Labute approximate surface area is 132 Å². The third kappa shape index (κ3) is 3.65. The molecule has 0 aromatic heterocycles. The quantitative estimate of drug-likeness (QED) is 0.890. The topological polar surface area (TPSA) is 29.3 Å². The number of hydrogen-bond donors (Lipinski definition) is 1. The number of halogens is 1. The van der Waals surface area contributed by atoms with E-state index >= 15 is 0 Å². The zero-order valence-electron chi connectivity index (χ0n) is 12.9. The molecular weight excluding hydrogens is 280 g/mol. The minimum Gasteiger partial charge on any atom is -0.329 e. The van der Waals surface area contributed by atoms with Gasteiger partial charge in [0.1, 0.15) is 0 Å². The molecule has 0 spiro atoms. The fourth-order valence-electron chi connectivity index (χ4n) is 2.63. The van der Waals surface area contributed by atoms with E-state index in [1.807, 2.05) is 18.2 Å². The molecule has 2 aromatic carbocycles. The molecule has 3 heteroatoms. The first-order valence-corrected chi connectivity index (χ1v) is 7.65. The molecule has 0 amide bonds. The van der Waals surface area contributed by atoms with Crippen LogP contribution >= 0.6 is 11.6 Å². The Balaban J connectivity index is 2.25. The monoisotopic (exact) mass is 302 g/mol. The van der Waals surface area contributed by atoms with Crippen molar-refractivity contribution < 1.29 is 0 Å². The van der Waals surface area contributed by atoms with E-state index < -0.39 is 0 Å². The average Bonchev–Trinajstić information content (AvgIpc) is 2.49. The lowest BCUT2D eigenvalue weighted by atomic mass is 10.00. The summed E-state index contributed by atoms with van der Waals surface area (Å²) in [6, 6.07) is 16.9. The van der Waals surface area contributed by atoms with E-state index in [9.17, 15) is 0 Å². The molecule has 2 nitrogen and oxygen atoms in total. The van der Waals surface area contributed by atoms with Crippen molar-refractivity contribution in [3.05, 3.63) is 70.2 Å². The number of hydrogen-bond acceptors (Lipinski definition) is 2. The molecule has 0 heterocycles. The molecular formula is C18H23ClN2.